The number of phenolic OH excluding ortho intramolecular Hbond substituents is 1. The standard InChI is InChI=1S/C30H31ClFN5O4/c1-6-21(39)36-12-13-37-18(14-36)15-41-28-23(30(37)40)29(35(5)27-17(4)10-11-33-25(27)16(2)3)34-26(24(28)31)22-19(32)8-7-9-20(22)38/h6-11,16,18,38H,1,12-15H2,2-5H3/t18-/m1/s1/i5D3. The lowest BCUT2D eigenvalue weighted by atomic mass is 10.0. The van der Waals surface area contributed by atoms with Gasteiger partial charge in [0.05, 0.1) is 23.0 Å². The van der Waals surface area contributed by atoms with Gasteiger partial charge in [-0.15, -0.1) is 0 Å². The molecule has 11 heteroatoms. The van der Waals surface area contributed by atoms with Crippen LogP contribution in [0.3, 0.4) is 0 Å². The monoisotopic (exact) mass is 582 g/mol. The number of rotatable bonds is 5. The van der Waals surface area contributed by atoms with Crippen LogP contribution in [0.1, 0.15) is 45.5 Å². The van der Waals surface area contributed by atoms with Crippen molar-refractivity contribution in [1.29, 1.82) is 0 Å². The molecule has 5 rings (SSSR count). The number of pyridine rings is 2. The van der Waals surface area contributed by atoms with Crippen LogP contribution in [0.15, 0.2) is 43.1 Å². The van der Waals surface area contributed by atoms with Crippen LogP contribution in [-0.4, -0.2) is 75.9 Å². The third-order valence-corrected chi connectivity index (χ3v) is 7.66. The third kappa shape index (κ3) is 4.86. The van der Waals surface area contributed by atoms with Gasteiger partial charge in [-0.05, 0) is 42.7 Å². The number of aromatic nitrogens is 2. The Bertz CT molecular complexity index is 1650. The van der Waals surface area contributed by atoms with E-state index in [2.05, 4.69) is 16.5 Å². The first-order valence-electron chi connectivity index (χ1n) is 14.6. The van der Waals surface area contributed by atoms with Crippen LogP contribution in [0.25, 0.3) is 11.3 Å². The summed E-state index contributed by atoms with van der Waals surface area (Å²) in [4.78, 5) is 39.8. The highest BCUT2D eigenvalue weighted by molar-refractivity contribution is 6.35. The minimum Gasteiger partial charge on any atom is -0.507 e. The van der Waals surface area contributed by atoms with Gasteiger partial charge in [0, 0.05) is 36.9 Å². The number of ether oxygens (including phenoxy) is 1. The minimum absolute atomic E-state index is 0.109. The Labute approximate surface area is 247 Å². The fourth-order valence-corrected chi connectivity index (χ4v) is 5.53. The van der Waals surface area contributed by atoms with Crippen LogP contribution < -0.4 is 9.64 Å². The summed E-state index contributed by atoms with van der Waals surface area (Å²) in [5.74, 6) is -3.11. The number of phenols is 1. The van der Waals surface area contributed by atoms with Gasteiger partial charge in [-0.3, -0.25) is 14.6 Å². The predicted molar refractivity (Wildman–Crippen MR) is 155 cm³/mol. The van der Waals surface area contributed by atoms with Gasteiger partial charge in [0.1, 0.15) is 40.3 Å². The summed E-state index contributed by atoms with van der Waals surface area (Å²) in [7, 11) is 0. The Morgan fingerprint density at radius 1 is 1.34 bits per heavy atom. The van der Waals surface area contributed by atoms with Crippen molar-refractivity contribution in [2.45, 2.75) is 32.7 Å². The van der Waals surface area contributed by atoms with E-state index in [-0.39, 0.29) is 77.2 Å². The normalized spacial score (nSPS) is 18.0. The average Bonchev–Trinajstić information content (AvgIpc) is 3.11. The van der Waals surface area contributed by atoms with Gasteiger partial charge in [0.15, 0.2) is 5.75 Å². The molecule has 0 aliphatic carbocycles. The second kappa shape index (κ2) is 11.0. The van der Waals surface area contributed by atoms with E-state index < -0.39 is 30.5 Å². The second-order valence-electron chi connectivity index (χ2n) is 10.2. The summed E-state index contributed by atoms with van der Waals surface area (Å²) in [6.07, 6.45) is 2.75. The minimum atomic E-state index is -2.93. The lowest BCUT2D eigenvalue weighted by molar-refractivity contribution is -0.128. The number of aryl methyl sites for hydroxylation is 1. The predicted octanol–water partition coefficient (Wildman–Crippen LogP) is 5.07. The number of benzene rings is 1. The van der Waals surface area contributed by atoms with E-state index in [9.17, 15) is 14.7 Å². The van der Waals surface area contributed by atoms with Gasteiger partial charge in [0.2, 0.25) is 5.91 Å². The summed E-state index contributed by atoms with van der Waals surface area (Å²) in [5, 5.41) is 10.4. The topological polar surface area (TPSA) is 99.1 Å². The Morgan fingerprint density at radius 3 is 2.80 bits per heavy atom. The van der Waals surface area contributed by atoms with E-state index in [0.29, 0.717) is 11.3 Å². The van der Waals surface area contributed by atoms with Gasteiger partial charge < -0.3 is 24.5 Å². The molecule has 214 valence electrons. The molecule has 9 nitrogen and oxygen atoms in total. The van der Waals surface area contributed by atoms with Gasteiger partial charge in [0.25, 0.3) is 5.91 Å². The maximum atomic E-state index is 15.3. The molecular formula is C30H31ClFN5O4. The fraction of sp³-hybridized carbons (Fsp3) is 0.333. The van der Waals surface area contributed by atoms with E-state index in [1.54, 1.807) is 19.2 Å². The Kier molecular flexibility index (Phi) is 6.60. The SMILES string of the molecule is [2H]C([2H])([2H])N(c1nc(-c2c(O)cccc2F)c(Cl)c2c1C(=O)N1CCN(C(=O)C=C)C[C@@H]1CO2)c1c(C)ccnc1C(C)C. The first-order valence-corrected chi connectivity index (χ1v) is 13.5. The largest absolute Gasteiger partial charge is 0.507 e. The Balaban J connectivity index is 1.84. The van der Waals surface area contributed by atoms with Crippen molar-refractivity contribution in [1.82, 2.24) is 19.8 Å². The van der Waals surface area contributed by atoms with Gasteiger partial charge in [-0.1, -0.05) is 38.1 Å². The molecule has 41 heavy (non-hydrogen) atoms. The Morgan fingerprint density at radius 2 is 2.12 bits per heavy atom. The molecule has 0 saturated carbocycles. The van der Waals surface area contributed by atoms with Crippen LogP contribution in [0.5, 0.6) is 11.5 Å². The number of carbonyl (C=O) groups is 2. The number of hydrogen-bond acceptors (Lipinski definition) is 7. The Hall–Kier alpha value is -4.18. The van der Waals surface area contributed by atoms with Crippen molar-refractivity contribution in [3.8, 4) is 22.8 Å². The highest BCUT2D eigenvalue weighted by Gasteiger charge is 2.41. The average molecular weight is 583 g/mol. The number of halogens is 2. The zero-order valence-corrected chi connectivity index (χ0v) is 23.6. The highest BCUT2D eigenvalue weighted by atomic mass is 35.5. The number of nitrogens with zero attached hydrogens (tertiary/aromatic N) is 5. The van der Waals surface area contributed by atoms with Crippen molar-refractivity contribution < 1.29 is 27.9 Å². The van der Waals surface area contributed by atoms with Crippen molar-refractivity contribution in [3.63, 3.8) is 0 Å². The highest BCUT2D eigenvalue weighted by Crippen LogP contribution is 2.47. The van der Waals surface area contributed by atoms with Crippen LogP contribution in [0.4, 0.5) is 15.9 Å². The van der Waals surface area contributed by atoms with Crippen LogP contribution in [0.2, 0.25) is 5.02 Å². The maximum Gasteiger partial charge on any atom is 0.261 e. The number of piperazine rings is 1. The maximum absolute atomic E-state index is 15.3. The van der Waals surface area contributed by atoms with Crippen LogP contribution >= 0.6 is 11.6 Å². The van der Waals surface area contributed by atoms with E-state index in [4.69, 9.17) is 20.5 Å². The lowest BCUT2D eigenvalue weighted by Crippen LogP contribution is -2.57. The van der Waals surface area contributed by atoms with Crippen molar-refractivity contribution in [2.24, 2.45) is 0 Å². The number of hydrogen-bond donors (Lipinski definition) is 1. The zero-order valence-electron chi connectivity index (χ0n) is 25.8. The smallest absolute Gasteiger partial charge is 0.261 e. The number of carbonyl (C=O) groups excluding carboxylic acids is 2. The van der Waals surface area contributed by atoms with Crippen molar-refractivity contribution >= 4 is 34.9 Å². The molecule has 0 radical (unpaired) electrons. The van der Waals surface area contributed by atoms with Crippen molar-refractivity contribution in [3.05, 3.63) is 70.8 Å². The van der Waals surface area contributed by atoms with E-state index >= 15 is 4.39 Å². The van der Waals surface area contributed by atoms with Crippen molar-refractivity contribution in [2.75, 3.05) is 38.1 Å². The molecule has 1 atom stereocenters. The molecule has 2 aromatic heterocycles. The lowest BCUT2D eigenvalue weighted by Gasteiger charge is -2.39. The molecule has 1 N–H and O–H groups in total. The summed E-state index contributed by atoms with van der Waals surface area (Å²) in [6.45, 7) is 6.38. The fourth-order valence-electron chi connectivity index (χ4n) is 5.24. The molecule has 2 aliphatic heterocycles. The van der Waals surface area contributed by atoms with Gasteiger partial charge in [-0.2, -0.15) is 0 Å². The van der Waals surface area contributed by atoms with Gasteiger partial charge in [-0.25, -0.2) is 9.37 Å². The van der Waals surface area contributed by atoms with Crippen LogP contribution in [0, 0.1) is 12.7 Å². The molecule has 1 fully saturated rings. The molecule has 0 bridgehead atoms. The van der Waals surface area contributed by atoms with E-state index in [0.717, 1.165) is 11.0 Å². The van der Waals surface area contributed by atoms with Crippen LogP contribution in [-0.2, 0) is 4.79 Å². The summed E-state index contributed by atoms with van der Waals surface area (Å²) >= 11 is 6.81. The first-order chi connectivity index (χ1) is 20.8. The molecule has 3 aromatic rings. The summed E-state index contributed by atoms with van der Waals surface area (Å²) in [5.41, 5.74) is 0.220. The molecule has 4 heterocycles. The molecule has 2 amide bonds. The zero-order chi connectivity index (χ0) is 32.1. The molecule has 0 spiro atoms. The molecule has 2 aliphatic rings. The second-order valence-corrected chi connectivity index (χ2v) is 10.6. The molecule has 1 saturated heterocycles. The number of amides is 2. The number of fused-ring (bicyclic) bond motifs is 2. The summed E-state index contributed by atoms with van der Waals surface area (Å²) < 4.78 is 47.3. The first kappa shape index (κ1) is 24.6. The quantitative estimate of drug-likeness (QED) is 0.419. The van der Waals surface area contributed by atoms with Gasteiger partial charge >= 0.3 is 0 Å². The number of anilines is 2. The third-order valence-electron chi connectivity index (χ3n) is 7.30. The van der Waals surface area contributed by atoms with E-state index in [1.807, 2.05) is 13.8 Å². The summed E-state index contributed by atoms with van der Waals surface area (Å²) in [6, 6.07) is 4.66. The number of aromatic hydroxyl groups is 1. The molecule has 1 aromatic carbocycles. The molecule has 0 unspecified atom stereocenters. The van der Waals surface area contributed by atoms with E-state index in [1.165, 1.54) is 28.0 Å². The molecular weight excluding hydrogens is 549 g/mol.